The number of hydrogen-bond acceptors (Lipinski definition) is 4. The van der Waals surface area contributed by atoms with E-state index in [1.54, 1.807) is 11.8 Å². The first-order valence-electron chi connectivity index (χ1n) is 6.14. The average molecular weight is 265 g/mol. The third-order valence-electron chi connectivity index (χ3n) is 3.82. The molecule has 0 amide bonds. The van der Waals surface area contributed by atoms with Gasteiger partial charge in [0.25, 0.3) is 0 Å². The van der Waals surface area contributed by atoms with Crippen molar-refractivity contribution in [3.05, 3.63) is 17.8 Å². The largest absolute Gasteiger partial charge is 0.496 e. The Morgan fingerprint density at radius 1 is 1.11 bits per heavy atom. The lowest BCUT2D eigenvalue weighted by Crippen LogP contribution is -2.41. The van der Waals surface area contributed by atoms with Gasteiger partial charge in [0.15, 0.2) is 0 Å². The van der Waals surface area contributed by atoms with Crippen LogP contribution in [0.25, 0.3) is 0 Å². The molecular formula is C13H20BNO2S. The highest BCUT2D eigenvalue weighted by Crippen LogP contribution is 2.36. The van der Waals surface area contributed by atoms with Crippen LogP contribution in [0.3, 0.4) is 0 Å². The number of aromatic nitrogens is 1. The Balaban J connectivity index is 2.30. The first-order valence-corrected chi connectivity index (χ1v) is 7.36. The summed E-state index contributed by atoms with van der Waals surface area (Å²) < 4.78 is 12.1. The van der Waals surface area contributed by atoms with Crippen LogP contribution in [0.15, 0.2) is 17.2 Å². The predicted molar refractivity (Wildman–Crippen MR) is 76.5 cm³/mol. The number of nitrogens with zero attached hydrogens (tertiary/aromatic N) is 1. The van der Waals surface area contributed by atoms with E-state index in [0.717, 1.165) is 16.2 Å². The Kier molecular flexibility index (Phi) is 3.51. The molecule has 5 heteroatoms. The first-order chi connectivity index (χ1) is 8.27. The van der Waals surface area contributed by atoms with E-state index in [0.29, 0.717) is 0 Å². The highest BCUT2D eigenvalue weighted by Gasteiger charge is 2.52. The molecule has 2 rings (SSSR count). The second-order valence-electron chi connectivity index (χ2n) is 5.62. The van der Waals surface area contributed by atoms with Crippen LogP contribution in [0.5, 0.6) is 0 Å². The van der Waals surface area contributed by atoms with Crippen molar-refractivity contribution < 1.29 is 9.31 Å². The van der Waals surface area contributed by atoms with E-state index in [-0.39, 0.29) is 18.3 Å². The maximum atomic E-state index is 6.04. The molecule has 0 unspecified atom stereocenters. The Bertz CT molecular complexity index is 446. The molecule has 0 atom stereocenters. The second-order valence-corrected chi connectivity index (χ2v) is 6.44. The normalized spacial score (nSPS) is 21.3. The van der Waals surface area contributed by atoms with Gasteiger partial charge in [0.05, 0.1) is 16.2 Å². The predicted octanol–water partition coefficient (Wildman–Crippen LogP) is 2.41. The fourth-order valence-corrected chi connectivity index (χ4v) is 2.31. The van der Waals surface area contributed by atoms with Crippen LogP contribution in [0, 0.1) is 6.92 Å². The summed E-state index contributed by atoms with van der Waals surface area (Å²) in [5, 5.41) is 1.02. The Hall–Kier alpha value is -0.515. The van der Waals surface area contributed by atoms with E-state index in [4.69, 9.17) is 9.31 Å². The summed E-state index contributed by atoms with van der Waals surface area (Å²) in [7, 11) is -0.321. The minimum atomic E-state index is -0.321. The number of aryl methyl sites for hydroxylation is 1. The van der Waals surface area contributed by atoms with E-state index in [2.05, 4.69) is 38.7 Å². The maximum Gasteiger partial charge on any atom is 0.496 e. The molecule has 0 aromatic carbocycles. The molecule has 1 aliphatic heterocycles. The Labute approximate surface area is 114 Å². The molecule has 0 radical (unpaired) electrons. The van der Waals surface area contributed by atoms with Crippen molar-refractivity contribution in [2.75, 3.05) is 6.26 Å². The molecule has 1 fully saturated rings. The van der Waals surface area contributed by atoms with Gasteiger partial charge in [-0.05, 0) is 46.9 Å². The molecule has 1 saturated heterocycles. The fraction of sp³-hybridized carbons (Fsp3) is 0.615. The lowest BCUT2D eigenvalue weighted by molar-refractivity contribution is 0.00578. The van der Waals surface area contributed by atoms with Crippen molar-refractivity contribution in [1.82, 2.24) is 4.98 Å². The minimum absolute atomic E-state index is 0.303. The van der Waals surface area contributed by atoms with Crippen LogP contribution >= 0.6 is 11.8 Å². The summed E-state index contributed by atoms with van der Waals surface area (Å²) in [6.07, 6.45) is 2.02. The van der Waals surface area contributed by atoms with E-state index < -0.39 is 0 Å². The van der Waals surface area contributed by atoms with Crippen LogP contribution in [0.1, 0.15) is 33.4 Å². The number of pyridine rings is 1. The van der Waals surface area contributed by atoms with Gasteiger partial charge in [-0.1, -0.05) is 6.07 Å². The highest BCUT2D eigenvalue weighted by molar-refractivity contribution is 7.98. The van der Waals surface area contributed by atoms with Crippen LogP contribution in [-0.4, -0.2) is 29.6 Å². The van der Waals surface area contributed by atoms with E-state index >= 15 is 0 Å². The molecule has 98 valence electrons. The van der Waals surface area contributed by atoms with Gasteiger partial charge in [-0.25, -0.2) is 4.98 Å². The molecular weight excluding hydrogens is 245 g/mol. The first kappa shape index (κ1) is 13.9. The van der Waals surface area contributed by atoms with Crippen molar-refractivity contribution in [1.29, 1.82) is 0 Å². The molecule has 1 aromatic rings. The van der Waals surface area contributed by atoms with Crippen molar-refractivity contribution >= 4 is 24.3 Å². The summed E-state index contributed by atoms with van der Waals surface area (Å²) in [6.45, 7) is 10.2. The minimum Gasteiger partial charge on any atom is -0.399 e. The van der Waals surface area contributed by atoms with E-state index in [1.807, 2.05) is 19.2 Å². The van der Waals surface area contributed by atoms with Crippen LogP contribution in [0.4, 0.5) is 0 Å². The molecule has 1 aromatic heterocycles. The lowest BCUT2D eigenvalue weighted by atomic mass is 9.78. The SMILES string of the molecule is CSc1ccc(B2OC(C)(C)C(C)(C)O2)c(C)n1. The van der Waals surface area contributed by atoms with Gasteiger partial charge < -0.3 is 9.31 Å². The summed E-state index contributed by atoms with van der Waals surface area (Å²) >= 11 is 1.64. The van der Waals surface area contributed by atoms with Crippen LogP contribution in [0.2, 0.25) is 0 Å². The van der Waals surface area contributed by atoms with E-state index in [1.165, 1.54) is 0 Å². The van der Waals surface area contributed by atoms with Gasteiger partial charge in [0.2, 0.25) is 0 Å². The lowest BCUT2D eigenvalue weighted by Gasteiger charge is -2.32. The van der Waals surface area contributed by atoms with Gasteiger partial charge in [0, 0.05) is 11.2 Å². The zero-order chi connectivity index (χ0) is 13.6. The fourth-order valence-electron chi connectivity index (χ4n) is 1.88. The zero-order valence-corrected chi connectivity index (χ0v) is 12.7. The summed E-state index contributed by atoms with van der Waals surface area (Å²) in [5.41, 5.74) is 1.39. The number of thioether (sulfide) groups is 1. The third kappa shape index (κ3) is 2.31. The number of hydrogen-bond donors (Lipinski definition) is 0. The second kappa shape index (κ2) is 4.55. The summed E-state index contributed by atoms with van der Waals surface area (Å²) in [6, 6.07) is 4.06. The summed E-state index contributed by atoms with van der Waals surface area (Å²) in [4.78, 5) is 4.53. The highest BCUT2D eigenvalue weighted by atomic mass is 32.2. The molecule has 0 aliphatic carbocycles. The Morgan fingerprint density at radius 2 is 1.67 bits per heavy atom. The van der Waals surface area contributed by atoms with Gasteiger partial charge in [-0.3, -0.25) is 0 Å². The van der Waals surface area contributed by atoms with Crippen LogP contribution < -0.4 is 5.46 Å². The Morgan fingerprint density at radius 3 is 2.11 bits per heavy atom. The van der Waals surface area contributed by atoms with E-state index in [9.17, 15) is 0 Å². The van der Waals surface area contributed by atoms with Gasteiger partial charge in [-0.2, -0.15) is 0 Å². The molecule has 0 bridgehead atoms. The molecule has 3 nitrogen and oxygen atoms in total. The molecule has 1 aliphatic rings. The van der Waals surface area contributed by atoms with Crippen molar-refractivity contribution in [3.8, 4) is 0 Å². The molecule has 2 heterocycles. The van der Waals surface area contributed by atoms with Crippen molar-refractivity contribution in [2.24, 2.45) is 0 Å². The average Bonchev–Trinajstić information content (AvgIpc) is 2.47. The van der Waals surface area contributed by atoms with Gasteiger partial charge in [0.1, 0.15) is 0 Å². The zero-order valence-electron chi connectivity index (χ0n) is 11.9. The molecule has 0 spiro atoms. The molecule has 0 N–H and O–H groups in total. The van der Waals surface area contributed by atoms with Crippen molar-refractivity contribution in [3.63, 3.8) is 0 Å². The molecule has 18 heavy (non-hydrogen) atoms. The standard InChI is InChI=1S/C13H20BNO2S/c1-9-10(7-8-11(15-9)18-6)14-16-12(2,3)13(4,5)17-14/h7-8H,1-6H3. The van der Waals surface area contributed by atoms with Gasteiger partial charge >= 0.3 is 7.12 Å². The monoisotopic (exact) mass is 265 g/mol. The quantitative estimate of drug-likeness (QED) is 0.607. The van der Waals surface area contributed by atoms with Gasteiger partial charge in [-0.15, -0.1) is 11.8 Å². The molecule has 0 saturated carbocycles. The van der Waals surface area contributed by atoms with Crippen molar-refractivity contribution in [2.45, 2.75) is 50.8 Å². The maximum absolute atomic E-state index is 6.04. The number of rotatable bonds is 2. The topological polar surface area (TPSA) is 31.4 Å². The summed E-state index contributed by atoms with van der Waals surface area (Å²) in [5.74, 6) is 0. The third-order valence-corrected chi connectivity index (χ3v) is 4.46. The van der Waals surface area contributed by atoms with Crippen LogP contribution in [-0.2, 0) is 9.31 Å². The smallest absolute Gasteiger partial charge is 0.399 e.